The first-order valence-corrected chi connectivity index (χ1v) is 7.23. The molecule has 0 aromatic carbocycles. The highest BCUT2D eigenvalue weighted by molar-refractivity contribution is 7.11. The van der Waals surface area contributed by atoms with Gasteiger partial charge in [0.05, 0.1) is 6.10 Å². The van der Waals surface area contributed by atoms with Crippen LogP contribution in [0, 0.1) is 5.41 Å². The van der Waals surface area contributed by atoms with Gasteiger partial charge in [0.2, 0.25) is 0 Å². The minimum absolute atomic E-state index is 0.263. The molecule has 0 radical (unpaired) electrons. The molecule has 1 fully saturated rings. The number of aryl methyl sites for hydroxylation is 1. The van der Waals surface area contributed by atoms with Gasteiger partial charge in [-0.25, -0.2) is 0 Å². The second-order valence-corrected chi connectivity index (χ2v) is 6.69. The monoisotopic (exact) mass is 253 g/mol. The fourth-order valence-corrected chi connectivity index (χ4v) is 3.47. The van der Waals surface area contributed by atoms with Gasteiger partial charge in [-0.3, -0.25) is 0 Å². The van der Waals surface area contributed by atoms with E-state index in [4.69, 9.17) is 4.74 Å². The number of nitrogens with one attached hydrogen (secondary N) is 1. The largest absolute Gasteiger partial charge is 0.381 e. The number of methoxy groups -OCH3 is 1. The van der Waals surface area contributed by atoms with Gasteiger partial charge in [0.25, 0.3) is 0 Å². The van der Waals surface area contributed by atoms with Crippen molar-refractivity contribution >= 4 is 11.3 Å². The molecule has 0 amide bonds. The Balaban J connectivity index is 1.83. The van der Waals surface area contributed by atoms with E-state index in [-0.39, 0.29) is 5.41 Å². The Hall–Kier alpha value is -0.380. The summed E-state index contributed by atoms with van der Waals surface area (Å²) in [5.41, 5.74) is 0.263. The van der Waals surface area contributed by atoms with Crippen molar-refractivity contribution in [3.63, 3.8) is 0 Å². The molecule has 2 rings (SSSR count). The molecule has 1 heterocycles. The molecule has 17 heavy (non-hydrogen) atoms. The van der Waals surface area contributed by atoms with Crippen LogP contribution in [-0.4, -0.2) is 19.3 Å². The summed E-state index contributed by atoms with van der Waals surface area (Å²) in [7, 11) is 1.81. The normalized spacial score (nSPS) is 26.8. The van der Waals surface area contributed by atoms with E-state index < -0.39 is 0 Å². The molecule has 1 aliphatic carbocycles. The van der Waals surface area contributed by atoms with E-state index in [2.05, 4.69) is 38.2 Å². The minimum atomic E-state index is 0.263. The van der Waals surface area contributed by atoms with Crippen molar-refractivity contribution in [3.05, 3.63) is 21.9 Å². The Morgan fingerprint density at radius 1 is 1.41 bits per heavy atom. The average molecular weight is 253 g/mol. The van der Waals surface area contributed by atoms with E-state index in [0.29, 0.717) is 12.1 Å². The molecule has 2 nitrogen and oxygen atoms in total. The van der Waals surface area contributed by atoms with E-state index in [1.54, 1.807) is 0 Å². The first-order valence-electron chi connectivity index (χ1n) is 6.41. The van der Waals surface area contributed by atoms with Gasteiger partial charge in [-0.1, -0.05) is 20.8 Å². The van der Waals surface area contributed by atoms with E-state index in [1.165, 1.54) is 9.75 Å². The summed E-state index contributed by atoms with van der Waals surface area (Å²) in [6, 6.07) is 5.07. The first-order chi connectivity index (χ1) is 8.07. The van der Waals surface area contributed by atoms with Crippen molar-refractivity contribution in [3.8, 4) is 0 Å². The van der Waals surface area contributed by atoms with Crippen LogP contribution in [-0.2, 0) is 17.7 Å². The molecule has 1 aliphatic rings. The highest BCUT2D eigenvalue weighted by Gasteiger charge is 2.48. The summed E-state index contributed by atoms with van der Waals surface area (Å²) < 4.78 is 5.47. The SMILES string of the molecule is CCc1ccc(CNC2CC(OC)C2(C)C)s1. The molecular formula is C14H23NOS. The Labute approximate surface area is 108 Å². The first kappa shape index (κ1) is 13.1. The van der Waals surface area contributed by atoms with Gasteiger partial charge in [-0.2, -0.15) is 0 Å². The van der Waals surface area contributed by atoms with Gasteiger partial charge < -0.3 is 10.1 Å². The zero-order valence-corrected chi connectivity index (χ0v) is 12.1. The Morgan fingerprint density at radius 2 is 2.12 bits per heavy atom. The molecular weight excluding hydrogens is 230 g/mol. The number of thiophene rings is 1. The molecule has 0 bridgehead atoms. The quantitative estimate of drug-likeness (QED) is 0.870. The summed E-state index contributed by atoms with van der Waals surface area (Å²) >= 11 is 1.92. The Kier molecular flexibility index (Phi) is 3.91. The van der Waals surface area contributed by atoms with E-state index in [0.717, 1.165) is 19.4 Å². The van der Waals surface area contributed by atoms with Gasteiger partial charge in [-0.15, -0.1) is 11.3 Å². The summed E-state index contributed by atoms with van der Waals surface area (Å²) in [6.07, 6.45) is 2.69. The summed E-state index contributed by atoms with van der Waals surface area (Å²) in [5.74, 6) is 0. The Bertz CT molecular complexity index is 372. The third-order valence-electron chi connectivity index (χ3n) is 4.05. The molecule has 0 aliphatic heterocycles. The molecule has 3 heteroatoms. The smallest absolute Gasteiger partial charge is 0.0652 e. The molecule has 0 spiro atoms. The molecule has 0 saturated heterocycles. The van der Waals surface area contributed by atoms with Crippen LogP contribution in [0.25, 0.3) is 0 Å². The fourth-order valence-electron chi connectivity index (χ4n) is 2.56. The van der Waals surface area contributed by atoms with Gasteiger partial charge in [0.1, 0.15) is 0 Å². The van der Waals surface area contributed by atoms with Crippen molar-refractivity contribution in [2.75, 3.05) is 7.11 Å². The van der Waals surface area contributed by atoms with Gasteiger partial charge in [-0.05, 0) is 25.0 Å². The van der Waals surface area contributed by atoms with Crippen LogP contribution in [0.1, 0.15) is 36.9 Å². The standard InChI is InChI=1S/C14H23NOS/c1-5-10-6-7-11(17-10)9-15-12-8-13(16-4)14(12,2)3/h6-7,12-13,15H,5,8-9H2,1-4H3. The maximum absolute atomic E-state index is 5.47. The summed E-state index contributed by atoms with van der Waals surface area (Å²) in [6.45, 7) is 7.78. The number of rotatable bonds is 5. The van der Waals surface area contributed by atoms with Crippen LogP contribution in [0.5, 0.6) is 0 Å². The molecule has 1 saturated carbocycles. The lowest BCUT2D eigenvalue weighted by Crippen LogP contribution is -2.60. The van der Waals surface area contributed by atoms with Crippen LogP contribution >= 0.6 is 11.3 Å². The number of hydrogen-bond donors (Lipinski definition) is 1. The molecule has 1 aromatic rings. The fraction of sp³-hybridized carbons (Fsp3) is 0.714. The van der Waals surface area contributed by atoms with Crippen LogP contribution in [0.15, 0.2) is 12.1 Å². The minimum Gasteiger partial charge on any atom is -0.381 e. The van der Waals surface area contributed by atoms with Gasteiger partial charge in [0, 0.05) is 34.9 Å². The third-order valence-corrected chi connectivity index (χ3v) is 5.28. The molecule has 1 aromatic heterocycles. The Morgan fingerprint density at radius 3 is 2.65 bits per heavy atom. The lowest BCUT2D eigenvalue weighted by molar-refractivity contribution is -0.0978. The number of ether oxygens (including phenoxy) is 1. The lowest BCUT2D eigenvalue weighted by Gasteiger charge is -2.51. The van der Waals surface area contributed by atoms with Gasteiger partial charge >= 0.3 is 0 Å². The highest BCUT2D eigenvalue weighted by atomic mass is 32.1. The van der Waals surface area contributed by atoms with Crippen LogP contribution in [0.3, 0.4) is 0 Å². The van der Waals surface area contributed by atoms with Gasteiger partial charge in [0.15, 0.2) is 0 Å². The highest BCUT2D eigenvalue weighted by Crippen LogP contribution is 2.42. The molecule has 2 unspecified atom stereocenters. The molecule has 96 valence electrons. The van der Waals surface area contributed by atoms with E-state index in [9.17, 15) is 0 Å². The van der Waals surface area contributed by atoms with Crippen molar-refractivity contribution in [2.24, 2.45) is 5.41 Å². The maximum Gasteiger partial charge on any atom is 0.0652 e. The second-order valence-electron chi connectivity index (χ2n) is 5.44. The average Bonchev–Trinajstić information content (AvgIpc) is 2.76. The van der Waals surface area contributed by atoms with Crippen molar-refractivity contribution in [1.29, 1.82) is 0 Å². The zero-order valence-electron chi connectivity index (χ0n) is 11.2. The maximum atomic E-state index is 5.47. The van der Waals surface area contributed by atoms with E-state index >= 15 is 0 Å². The summed E-state index contributed by atoms with van der Waals surface area (Å²) in [5, 5.41) is 3.66. The van der Waals surface area contributed by atoms with Crippen LogP contribution in [0.4, 0.5) is 0 Å². The van der Waals surface area contributed by atoms with Crippen LogP contribution < -0.4 is 5.32 Å². The van der Waals surface area contributed by atoms with Crippen molar-refractivity contribution < 1.29 is 4.74 Å². The summed E-state index contributed by atoms with van der Waals surface area (Å²) in [4.78, 5) is 2.92. The zero-order chi connectivity index (χ0) is 12.5. The third kappa shape index (κ3) is 2.56. The topological polar surface area (TPSA) is 21.3 Å². The van der Waals surface area contributed by atoms with E-state index in [1.807, 2.05) is 18.4 Å². The molecule has 1 N–H and O–H groups in total. The predicted octanol–water partition coefficient (Wildman–Crippen LogP) is 3.21. The second kappa shape index (κ2) is 5.09. The van der Waals surface area contributed by atoms with Crippen molar-refractivity contribution in [1.82, 2.24) is 5.32 Å². The number of hydrogen-bond acceptors (Lipinski definition) is 3. The molecule has 2 atom stereocenters. The lowest BCUT2D eigenvalue weighted by atomic mass is 9.64. The predicted molar refractivity (Wildman–Crippen MR) is 73.5 cm³/mol. The van der Waals surface area contributed by atoms with Crippen molar-refractivity contribution in [2.45, 2.75) is 52.3 Å². The van der Waals surface area contributed by atoms with Crippen LogP contribution in [0.2, 0.25) is 0 Å².